The minimum absolute atomic E-state index is 0.0598. The maximum atomic E-state index is 12.7. The third-order valence-corrected chi connectivity index (χ3v) is 6.01. The highest BCUT2D eigenvalue weighted by Gasteiger charge is 2.21. The first-order chi connectivity index (χ1) is 13.0. The number of fused-ring (bicyclic) bond motifs is 1. The van der Waals surface area contributed by atoms with E-state index in [1.807, 2.05) is 6.26 Å². The molecule has 1 aromatic carbocycles. The number of allylic oxidation sites excluding steroid dienone is 2. The van der Waals surface area contributed by atoms with E-state index in [2.05, 4.69) is 36.2 Å². The highest BCUT2D eigenvalue weighted by Crippen LogP contribution is 2.32. The van der Waals surface area contributed by atoms with Crippen molar-refractivity contribution in [2.45, 2.75) is 39.2 Å². The van der Waals surface area contributed by atoms with E-state index in [0.717, 1.165) is 54.4 Å². The van der Waals surface area contributed by atoms with Crippen molar-refractivity contribution in [2.24, 2.45) is 0 Å². The lowest BCUT2D eigenvalue weighted by Gasteiger charge is -2.28. The van der Waals surface area contributed by atoms with Gasteiger partial charge in [0, 0.05) is 28.9 Å². The summed E-state index contributed by atoms with van der Waals surface area (Å²) in [6.45, 7) is 2.66. The Morgan fingerprint density at radius 2 is 2.04 bits per heavy atom. The number of amides is 2. The predicted molar refractivity (Wildman–Crippen MR) is 111 cm³/mol. The fraction of sp³-hybridized carbons (Fsp3) is 0.429. The molecule has 2 amide bonds. The molecule has 6 heteroatoms. The van der Waals surface area contributed by atoms with Crippen LogP contribution in [0, 0.1) is 6.92 Å². The van der Waals surface area contributed by atoms with Crippen molar-refractivity contribution in [1.29, 1.82) is 0 Å². The number of aromatic amines is 1. The maximum absolute atomic E-state index is 12.7. The van der Waals surface area contributed by atoms with Crippen LogP contribution < -0.4 is 0 Å². The topological polar surface area (TPSA) is 56.4 Å². The van der Waals surface area contributed by atoms with Crippen LogP contribution in [0.15, 0.2) is 34.9 Å². The Morgan fingerprint density at radius 1 is 1.26 bits per heavy atom. The summed E-state index contributed by atoms with van der Waals surface area (Å²) in [6, 6.07) is 8.34. The van der Waals surface area contributed by atoms with E-state index in [-0.39, 0.29) is 12.5 Å². The number of thioether (sulfide) groups is 1. The fourth-order valence-electron chi connectivity index (χ4n) is 3.59. The summed E-state index contributed by atoms with van der Waals surface area (Å²) < 4.78 is 0. The normalized spacial score (nSPS) is 14.5. The van der Waals surface area contributed by atoms with E-state index < -0.39 is 0 Å². The first kappa shape index (κ1) is 19.5. The first-order valence-corrected chi connectivity index (χ1v) is 10.5. The van der Waals surface area contributed by atoms with Crippen LogP contribution in [-0.2, 0) is 16.1 Å². The molecular weight excluding hydrogens is 358 g/mol. The van der Waals surface area contributed by atoms with Gasteiger partial charge in [0.1, 0.15) is 6.54 Å². The van der Waals surface area contributed by atoms with Gasteiger partial charge in [-0.1, -0.05) is 11.6 Å². The summed E-state index contributed by atoms with van der Waals surface area (Å²) in [5.41, 5.74) is 4.30. The van der Waals surface area contributed by atoms with Crippen molar-refractivity contribution < 1.29 is 9.59 Å². The van der Waals surface area contributed by atoms with Gasteiger partial charge in [-0.3, -0.25) is 9.59 Å². The van der Waals surface area contributed by atoms with Gasteiger partial charge in [-0.25, -0.2) is 0 Å². The molecule has 144 valence electrons. The average molecular weight is 386 g/mol. The van der Waals surface area contributed by atoms with Crippen LogP contribution >= 0.6 is 11.8 Å². The molecular formula is C21H27N3O2S. The zero-order valence-corrected chi connectivity index (χ0v) is 17.1. The van der Waals surface area contributed by atoms with Gasteiger partial charge in [-0.05, 0) is 62.4 Å². The molecule has 0 aliphatic heterocycles. The molecule has 1 N–H and O–H groups in total. The van der Waals surface area contributed by atoms with Crippen molar-refractivity contribution in [3.05, 3.63) is 46.1 Å². The Morgan fingerprint density at radius 3 is 2.78 bits per heavy atom. The molecule has 0 bridgehead atoms. The molecule has 0 radical (unpaired) electrons. The second-order valence-corrected chi connectivity index (χ2v) is 8.05. The minimum Gasteiger partial charge on any atom is -0.357 e. The molecule has 0 atom stereocenters. The Kier molecular flexibility index (Phi) is 6.26. The molecule has 1 aliphatic carbocycles. The van der Waals surface area contributed by atoms with Crippen LogP contribution in [0.2, 0.25) is 0 Å². The Labute approximate surface area is 164 Å². The molecule has 0 saturated heterocycles. The SMILES string of the molecule is CSC1=C(N(C=O)CC(=O)N(C)Cc2cc3cc(C)ccc3[nH]2)CCCC1. The van der Waals surface area contributed by atoms with Gasteiger partial charge in [0.05, 0.1) is 6.54 Å². The van der Waals surface area contributed by atoms with Gasteiger partial charge in [0.25, 0.3) is 0 Å². The largest absolute Gasteiger partial charge is 0.357 e. The predicted octanol–water partition coefficient (Wildman–Crippen LogP) is 4.04. The maximum Gasteiger partial charge on any atom is 0.242 e. The minimum atomic E-state index is -0.0598. The van der Waals surface area contributed by atoms with Crippen molar-refractivity contribution >= 4 is 35.0 Å². The molecule has 2 aromatic rings. The van der Waals surface area contributed by atoms with E-state index >= 15 is 0 Å². The van der Waals surface area contributed by atoms with Crippen LogP contribution in [0.1, 0.15) is 36.9 Å². The number of carbonyl (C=O) groups is 2. The third-order valence-electron chi connectivity index (χ3n) is 5.08. The summed E-state index contributed by atoms with van der Waals surface area (Å²) >= 11 is 1.69. The van der Waals surface area contributed by atoms with Crippen molar-refractivity contribution in [3.8, 4) is 0 Å². The molecule has 0 saturated carbocycles. The van der Waals surface area contributed by atoms with Gasteiger partial charge in [0.15, 0.2) is 0 Å². The lowest BCUT2D eigenvalue weighted by atomic mass is 10.0. The number of nitrogens with one attached hydrogen (secondary N) is 1. The van der Waals surface area contributed by atoms with Crippen molar-refractivity contribution in [1.82, 2.24) is 14.8 Å². The number of hydrogen-bond donors (Lipinski definition) is 1. The molecule has 5 nitrogen and oxygen atoms in total. The quantitative estimate of drug-likeness (QED) is 0.732. The molecule has 0 unspecified atom stereocenters. The molecule has 3 rings (SSSR count). The molecule has 27 heavy (non-hydrogen) atoms. The lowest BCUT2D eigenvalue weighted by Crippen LogP contribution is -2.37. The fourth-order valence-corrected chi connectivity index (χ4v) is 4.39. The first-order valence-electron chi connectivity index (χ1n) is 9.32. The lowest BCUT2D eigenvalue weighted by molar-refractivity contribution is -0.134. The molecule has 0 fully saturated rings. The van der Waals surface area contributed by atoms with Crippen LogP contribution in [0.3, 0.4) is 0 Å². The number of nitrogens with zero attached hydrogens (tertiary/aromatic N) is 2. The summed E-state index contributed by atoms with van der Waals surface area (Å²) in [4.78, 5) is 32.2. The second-order valence-electron chi connectivity index (χ2n) is 7.15. The summed E-state index contributed by atoms with van der Waals surface area (Å²) in [5.74, 6) is -0.0598. The number of benzene rings is 1. The molecule has 1 aliphatic rings. The monoisotopic (exact) mass is 385 g/mol. The highest BCUT2D eigenvalue weighted by molar-refractivity contribution is 8.02. The van der Waals surface area contributed by atoms with E-state index in [1.54, 1.807) is 28.6 Å². The Bertz CT molecular complexity index is 871. The number of aromatic nitrogens is 1. The number of H-pyrrole nitrogens is 1. The number of rotatable bonds is 7. The smallest absolute Gasteiger partial charge is 0.242 e. The van der Waals surface area contributed by atoms with Crippen molar-refractivity contribution in [2.75, 3.05) is 19.8 Å². The summed E-state index contributed by atoms with van der Waals surface area (Å²) in [6.07, 6.45) is 6.93. The number of hydrogen-bond acceptors (Lipinski definition) is 3. The molecule has 1 aromatic heterocycles. The van der Waals surface area contributed by atoms with E-state index in [4.69, 9.17) is 0 Å². The zero-order chi connectivity index (χ0) is 19.4. The Balaban J connectivity index is 1.68. The van der Waals surface area contributed by atoms with Gasteiger partial charge in [0.2, 0.25) is 12.3 Å². The van der Waals surface area contributed by atoms with Gasteiger partial charge < -0.3 is 14.8 Å². The van der Waals surface area contributed by atoms with E-state index in [9.17, 15) is 9.59 Å². The van der Waals surface area contributed by atoms with Crippen LogP contribution in [0.4, 0.5) is 0 Å². The van der Waals surface area contributed by atoms with Crippen LogP contribution in [0.25, 0.3) is 10.9 Å². The number of aryl methyl sites for hydroxylation is 1. The standard InChI is InChI=1S/C21H27N3O2S/c1-15-8-9-18-16(10-15)11-17(22-18)12-23(2)21(26)13-24(14-25)19-6-4-5-7-20(19)27-3/h8-11,14,22H,4-7,12-13H2,1-3H3. The summed E-state index contributed by atoms with van der Waals surface area (Å²) in [5, 5.41) is 1.15. The molecule has 1 heterocycles. The third kappa shape index (κ3) is 4.56. The Hall–Kier alpha value is -2.21. The van der Waals surface area contributed by atoms with E-state index in [1.165, 1.54) is 10.5 Å². The van der Waals surface area contributed by atoms with Crippen LogP contribution in [-0.4, -0.2) is 46.9 Å². The van der Waals surface area contributed by atoms with Gasteiger partial charge in [-0.15, -0.1) is 11.8 Å². The van der Waals surface area contributed by atoms with Crippen molar-refractivity contribution in [3.63, 3.8) is 0 Å². The number of likely N-dealkylation sites (N-methyl/N-ethyl adjacent to an activating group) is 1. The second kappa shape index (κ2) is 8.65. The summed E-state index contributed by atoms with van der Waals surface area (Å²) in [7, 11) is 1.78. The van der Waals surface area contributed by atoms with Crippen LogP contribution in [0.5, 0.6) is 0 Å². The van der Waals surface area contributed by atoms with Gasteiger partial charge in [-0.2, -0.15) is 0 Å². The van der Waals surface area contributed by atoms with Gasteiger partial charge >= 0.3 is 0 Å². The molecule has 0 spiro atoms. The van der Waals surface area contributed by atoms with E-state index in [0.29, 0.717) is 6.54 Å². The zero-order valence-electron chi connectivity index (χ0n) is 16.2. The highest BCUT2D eigenvalue weighted by atomic mass is 32.2. The number of carbonyl (C=O) groups excluding carboxylic acids is 2. The average Bonchev–Trinajstić information content (AvgIpc) is 3.07.